The van der Waals surface area contributed by atoms with Crippen LogP contribution in [0, 0.1) is 0 Å². The second-order valence-electron chi connectivity index (χ2n) is 17.1. The zero-order valence-electron chi connectivity index (χ0n) is 42.8. The third-order valence-electron chi connectivity index (χ3n) is 11.0. The fraction of sp³-hybridized carbons (Fsp3) is 0.500. The highest BCUT2D eigenvalue weighted by atomic mass is 32.1. The van der Waals surface area contributed by atoms with Crippen molar-refractivity contribution in [2.45, 2.75) is 181 Å². The molecule has 0 fully saturated rings. The maximum atomic E-state index is 13.6. The number of nitrogens with one attached hydrogen (secondary N) is 4. The minimum atomic E-state index is -0.688. The number of carbonyl (C=O) groups is 3. The summed E-state index contributed by atoms with van der Waals surface area (Å²) in [4.78, 5) is 45.3. The molecule has 0 unspecified atom stereocenters. The summed E-state index contributed by atoms with van der Waals surface area (Å²) < 4.78 is 0. The lowest BCUT2D eigenvalue weighted by atomic mass is 9.98. The number of aromatic nitrogens is 1. The van der Waals surface area contributed by atoms with Crippen molar-refractivity contribution in [3.05, 3.63) is 156 Å². The summed E-state index contributed by atoms with van der Waals surface area (Å²) in [5, 5.41) is 13.3. The quantitative estimate of drug-likeness (QED) is 0.0388. The van der Waals surface area contributed by atoms with E-state index < -0.39 is 6.04 Å². The number of aryl methyl sites for hydroxylation is 1. The summed E-state index contributed by atoms with van der Waals surface area (Å²) in [6.45, 7) is 8.00. The molecule has 69 heavy (non-hydrogen) atoms. The molecule has 3 amide bonds. The number of thiazole rings is 1. The van der Waals surface area contributed by atoms with Crippen LogP contribution in [0.1, 0.15) is 166 Å². The Balaban J connectivity index is 1.71. The van der Waals surface area contributed by atoms with Gasteiger partial charge in [0.1, 0.15) is 6.04 Å². The van der Waals surface area contributed by atoms with Crippen LogP contribution in [-0.4, -0.2) is 47.9 Å². The molecule has 2 atom stereocenters. The number of rotatable bonds is 39. The number of hydrogen-bond acceptors (Lipinski definition) is 6. The van der Waals surface area contributed by atoms with Gasteiger partial charge in [-0.15, -0.1) is 11.3 Å². The Bertz CT molecular complexity index is 1890. The molecule has 1 aliphatic carbocycles. The molecule has 0 aliphatic heterocycles. The largest absolute Gasteiger partial charge is 0.356 e. The van der Waals surface area contributed by atoms with E-state index in [1.165, 1.54) is 4.88 Å². The highest BCUT2D eigenvalue weighted by Gasteiger charge is 2.25. The zero-order valence-corrected chi connectivity index (χ0v) is 43.6. The van der Waals surface area contributed by atoms with Gasteiger partial charge in [0.25, 0.3) is 0 Å². The zero-order chi connectivity index (χ0) is 49.5. The first-order valence-electron chi connectivity index (χ1n) is 26.3. The minimum Gasteiger partial charge on any atom is -0.356 e. The molecule has 1 aromatic rings. The standard InChI is InChI=1S/C60H89N5O3S/c1-4-7-9-11-13-15-17-19-21-23-25-27-29-31-33-35-37-39-41-46-57(66)62-51-44-43-45-55(59(68)65-60-64-54-49-48-53(61-50-6-3)52-56(54)69-60)63-58(67)47-42-40-38-36-34-32-30-28-26-24-22-20-18-16-14-12-10-8-5-2/h7-10,13-16,19-22,25-28,31-34,37-40,53,55,61H,4-6,11-12,17-18,23-24,29-30,35-36,41-52H2,1-3H3,(H,62,66)(H,63,67)(H,64,65,68)/t53-,55+/m1/s1. The molecular weight excluding hydrogens is 871 g/mol. The first-order valence-corrected chi connectivity index (χ1v) is 27.2. The minimum absolute atomic E-state index is 0.0198. The van der Waals surface area contributed by atoms with Gasteiger partial charge in [-0.2, -0.15) is 0 Å². The van der Waals surface area contributed by atoms with Crippen molar-refractivity contribution in [1.82, 2.24) is 20.9 Å². The van der Waals surface area contributed by atoms with Crippen molar-refractivity contribution >= 4 is 34.2 Å². The Morgan fingerprint density at radius 1 is 0.565 bits per heavy atom. The third-order valence-corrected chi connectivity index (χ3v) is 12.1. The molecule has 0 aromatic carbocycles. The molecule has 0 bridgehead atoms. The van der Waals surface area contributed by atoms with E-state index in [-0.39, 0.29) is 17.7 Å². The summed E-state index contributed by atoms with van der Waals surface area (Å²) in [6, 6.07) is -0.252. The predicted molar refractivity (Wildman–Crippen MR) is 299 cm³/mol. The van der Waals surface area contributed by atoms with E-state index in [9.17, 15) is 14.4 Å². The maximum absolute atomic E-state index is 13.6. The van der Waals surface area contributed by atoms with Gasteiger partial charge in [-0.1, -0.05) is 167 Å². The van der Waals surface area contributed by atoms with Crippen LogP contribution >= 0.6 is 11.3 Å². The number of hydrogen-bond donors (Lipinski definition) is 4. The predicted octanol–water partition coefficient (Wildman–Crippen LogP) is 14.7. The number of amides is 3. The molecule has 1 heterocycles. The molecule has 8 nitrogen and oxygen atoms in total. The van der Waals surface area contributed by atoms with Crippen LogP contribution in [0.5, 0.6) is 0 Å². The Morgan fingerprint density at radius 3 is 1.45 bits per heavy atom. The van der Waals surface area contributed by atoms with Crippen LogP contribution in [0.4, 0.5) is 5.13 Å². The van der Waals surface area contributed by atoms with Gasteiger partial charge in [-0.25, -0.2) is 4.98 Å². The third kappa shape index (κ3) is 34.8. The molecular formula is C60H89N5O3S. The van der Waals surface area contributed by atoms with E-state index in [1.54, 1.807) is 11.3 Å². The molecule has 1 aliphatic rings. The maximum Gasteiger partial charge on any atom is 0.248 e. The number of allylic oxidation sites excluding steroid dienone is 24. The van der Waals surface area contributed by atoms with Gasteiger partial charge in [0.2, 0.25) is 17.7 Å². The van der Waals surface area contributed by atoms with Crippen molar-refractivity contribution in [3.8, 4) is 0 Å². The van der Waals surface area contributed by atoms with Gasteiger partial charge >= 0.3 is 0 Å². The lowest BCUT2D eigenvalue weighted by molar-refractivity contribution is -0.126. The van der Waals surface area contributed by atoms with Crippen molar-refractivity contribution in [3.63, 3.8) is 0 Å². The van der Waals surface area contributed by atoms with Gasteiger partial charge in [0, 0.05) is 30.3 Å². The highest BCUT2D eigenvalue weighted by Crippen LogP contribution is 2.30. The molecule has 9 heteroatoms. The van der Waals surface area contributed by atoms with E-state index in [2.05, 4.69) is 182 Å². The average Bonchev–Trinajstić information content (AvgIpc) is 3.75. The van der Waals surface area contributed by atoms with E-state index in [4.69, 9.17) is 4.98 Å². The molecule has 1 aromatic heterocycles. The van der Waals surface area contributed by atoms with Crippen molar-refractivity contribution < 1.29 is 14.4 Å². The number of unbranched alkanes of at least 4 members (excludes halogenated alkanes) is 1. The fourth-order valence-corrected chi connectivity index (χ4v) is 8.27. The number of carbonyl (C=O) groups excluding carboxylic acids is 3. The second-order valence-corrected chi connectivity index (χ2v) is 18.2. The molecule has 4 N–H and O–H groups in total. The van der Waals surface area contributed by atoms with Crippen LogP contribution in [0.15, 0.2) is 146 Å². The second kappa shape index (κ2) is 44.1. The van der Waals surface area contributed by atoms with Crippen molar-refractivity contribution in [2.24, 2.45) is 0 Å². The Morgan fingerprint density at radius 2 is 1.00 bits per heavy atom. The summed E-state index contributed by atoms with van der Waals surface area (Å²) in [7, 11) is 0. The lowest BCUT2D eigenvalue weighted by Crippen LogP contribution is -2.43. The van der Waals surface area contributed by atoms with Gasteiger partial charge < -0.3 is 21.3 Å². The molecule has 2 rings (SSSR count). The number of nitrogens with zero attached hydrogens (tertiary/aromatic N) is 1. The first kappa shape index (κ1) is 60.0. The van der Waals surface area contributed by atoms with E-state index in [0.717, 1.165) is 115 Å². The smallest absolute Gasteiger partial charge is 0.248 e. The number of anilines is 1. The summed E-state index contributed by atoms with van der Waals surface area (Å²) in [5.74, 6) is -0.378. The van der Waals surface area contributed by atoms with Crippen LogP contribution in [0.3, 0.4) is 0 Å². The van der Waals surface area contributed by atoms with E-state index in [0.29, 0.717) is 62.7 Å². The van der Waals surface area contributed by atoms with Gasteiger partial charge in [0.05, 0.1) is 5.69 Å². The Labute approximate surface area is 422 Å². The topological polar surface area (TPSA) is 112 Å². The fourth-order valence-electron chi connectivity index (χ4n) is 7.18. The molecule has 0 radical (unpaired) electrons. The van der Waals surface area contributed by atoms with Crippen LogP contribution in [-0.2, 0) is 27.2 Å². The molecule has 0 spiro atoms. The summed E-state index contributed by atoms with van der Waals surface area (Å²) >= 11 is 1.54. The Hall–Kier alpha value is -5.12. The average molecular weight is 960 g/mol. The lowest BCUT2D eigenvalue weighted by Gasteiger charge is -2.21. The van der Waals surface area contributed by atoms with Crippen molar-refractivity contribution in [2.75, 3.05) is 18.4 Å². The van der Waals surface area contributed by atoms with Crippen LogP contribution in [0.25, 0.3) is 0 Å². The van der Waals surface area contributed by atoms with E-state index >= 15 is 0 Å². The van der Waals surface area contributed by atoms with Gasteiger partial charge in [-0.05, 0) is 141 Å². The summed E-state index contributed by atoms with van der Waals surface area (Å²) in [6.07, 6.45) is 71.5. The normalized spacial score (nSPS) is 15.3. The van der Waals surface area contributed by atoms with Crippen molar-refractivity contribution in [1.29, 1.82) is 0 Å². The SMILES string of the molecule is CCC=CCC=CCC=CCC=CCC=CCC=CCCC(=O)NCCCC[C@H](NC(=O)CCC=CCC=CCC=CCC=CCC=CCC=CCC)C(=O)Nc1nc2c(s1)C[C@H](NCCC)CC2. The van der Waals surface area contributed by atoms with E-state index in [1.807, 2.05) is 6.08 Å². The van der Waals surface area contributed by atoms with Gasteiger partial charge in [-0.3, -0.25) is 14.4 Å². The highest BCUT2D eigenvalue weighted by molar-refractivity contribution is 7.15. The first-order chi connectivity index (χ1) is 34.0. The summed E-state index contributed by atoms with van der Waals surface area (Å²) in [5.41, 5.74) is 1.07. The van der Waals surface area contributed by atoms with Crippen LogP contribution < -0.4 is 21.3 Å². The van der Waals surface area contributed by atoms with Crippen LogP contribution in [0.2, 0.25) is 0 Å². The Kier molecular flexibility index (Phi) is 38.4. The molecule has 0 saturated carbocycles. The molecule has 378 valence electrons. The van der Waals surface area contributed by atoms with Gasteiger partial charge in [0.15, 0.2) is 5.13 Å². The molecule has 0 saturated heterocycles. The number of fused-ring (bicyclic) bond motifs is 1. The monoisotopic (exact) mass is 960 g/mol.